The third-order valence-corrected chi connectivity index (χ3v) is 2.92. The Kier molecular flexibility index (Phi) is 6.36. The highest BCUT2D eigenvalue weighted by molar-refractivity contribution is 8.12. The minimum atomic E-state index is 0. The van der Waals surface area contributed by atoms with Crippen LogP contribution in [0.15, 0.2) is 18.2 Å². The van der Waals surface area contributed by atoms with Gasteiger partial charge >= 0.3 is 0 Å². The van der Waals surface area contributed by atoms with Gasteiger partial charge in [0.2, 0.25) is 0 Å². The third kappa shape index (κ3) is 3.96. The zero-order valence-electron chi connectivity index (χ0n) is 7.14. The van der Waals surface area contributed by atoms with E-state index in [-0.39, 0.29) is 12.4 Å². The van der Waals surface area contributed by atoms with Gasteiger partial charge in [-0.2, -0.15) is 0 Å². The summed E-state index contributed by atoms with van der Waals surface area (Å²) in [5, 5.41) is 6.91. The lowest BCUT2D eigenvalue weighted by atomic mass is 10.2. The van der Waals surface area contributed by atoms with Gasteiger partial charge in [-0.1, -0.05) is 29.3 Å². The Morgan fingerprint density at radius 2 is 1.86 bits per heavy atom. The van der Waals surface area contributed by atoms with Gasteiger partial charge in [0.25, 0.3) is 5.17 Å². The molecule has 0 atom stereocenters. The lowest BCUT2D eigenvalue weighted by Crippen LogP contribution is -3.00. The number of hydrogen-bond donors (Lipinski definition) is 2. The van der Waals surface area contributed by atoms with E-state index < -0.39 is 0 Å². The monoisotopic (exact) mass is 270 g/mol. The Bertz CT molecular complexity index is 310. The van der Waals surface area contributed by atoms with Crippen molar-refractivity contribution in [1.29, 1.82) is 0 Å². The fraction of sp³-hybridized carbons (Fsp3) is 0.125. The number of amidine groups is 1. The molecule has 1 aromatic carbocycles. The minimum absolute atomic E-state index is 0. The maximum Gasteiger partial charge on any atom is 0.300 e. The summed E-state index contributed by atoms with van der Waals surface area (Å²) in [5.41, 5.74) is 6.18. The predicted octanol–water partition coefficient (Wildman–Crippen LogP) is -1.70. The number of halogens is 3. The van der Waals surface area contributed by atoms with Crippen molar-refractivity contribution in [1.82, 2.24) is 0 Å². The standard InChI is InChI=1S/C8H8Cl2N2S.ClH/c9-6-2-1-3-7(10)5(6)4-13-8(11)12;/h1-3H,4H2,(H3,11,12);1H. The van der Waals surface area contributed by atoms with E-state index >= 15 is 0 Å². The van der Waals surface area contributed by atoms with Crippen molar-refractivity contribution in [2.24, 2.45) is 5.73 Å². The fourth-order valence-corrected chi connectivity index (χ4v) is 2.14. The Morgan fingerprint density at radius 1 is 1.36 bits per heavy atom. The first-order chi connectivity index (χ1) is 6.11. The normalized spacial score (nSPS) is 9.29. The van der Waals surface area contributed by atoms with E-state index in [1.165, 1.54) is 11.8 Å². The molecule has 0 aliphatic rings. The van der Waals surface area contributed by atoms with E-state index in [1.807, 2.05) is 0 Å². The van der Waals surface area contributed by atoms with Crippen molar-refractivity contribution in [2.75, 3.05) is 0 Å². The molecule has 0 radical (unpaired) electrons. The quantitative estimate of drug-likeness (QED) is 0.498. The highest BCUT2D eigenvalue weighted by Crippen LogP contribution is 2.27. The number of hydrogen-bond acceptors (Lipinski definition) is 1. The first kappa shape index (κ1) is 13.9. The highest BCUT2D eigenvalue weighted by atomic mass is 35.5. The summed E-state index contributed by atoms with van der Waals surface area (Å²) in [6, 6.07) is 5.38. The van der Waals surface area contributed by atoms with Crippen LogP contribution in [0, 0.1) is 0 Å². The van der Waals surface area contributed by atoms with Crippen LogP contribution in [0.5, 0.6) is 0 Å². The Labute approximate surface area is 103 Å². The number of benzene rings is 1. The van der Waals surface area contributed by atoms with Crippen molar-refractivity contribution in [2.45, 2.75) is 5.75 Å². The van der Waals surface area contributed by atoms with Gasteiger partial charge < -0.3 is 12.4 Å². The first-order valence-corrected chi connectivity index (χ1v) is 5.29. The van der Waals surface area contributed by atoms with E-state index in [0.29, 0.717) is 21.0 Å². The molecule has 2 nitrogen and oxygen atoms in total. The van der Waals surface area contributed by atoms with Crippen LogP contribution in [0.3, 0.4) is 0 Å². The van der Waals surface area contributed by atoms with Crippen LogP contribution in [0.2, 0.25) is 10.0 Å². The molecule has 0 spiro atoms. The molecule has 0 bridgehead atoms. The van der Waals surface area contributed by atoms with Crippen LogP contribution in [-0.4, -0.2) is 5.17 Å². The van der Waals surface area contributed by atoms with E-state index in [1.54, 1.807) is 18.2 Å². The molecule has 0 aliphatic heterocycles. The summed E-state index contributed by atoms with van der Waals surface area (Å²) in [5.74, 6) is 0.598. The largest absolute Gasteiger partial charge is 1.00 e. The molecule has 78 valence electrons. The van der Waals surface area contributed by atoms with Crippen LogP contribution in [0.25, 0.3) is 0 Å². The molecule has 6 heteroatoms. The van der Waals surface area contributed by atoms with Crippen molar-refractivity contribution < 1.29 is 17.8 Å². The van der Waals surface area contributed by atoms with Crippen LogP contribution in [0.4, 0.5) is 0 Å². The topological polar surface area (TPSA) is 51.6 Å². The van der Waals surface area contributed by atoms with E-state index in [2.05, 4.69) is 0 Å². The van der Waals surface area contributed by atoms with Crippen LogP contribution in [-0.2, 0) is 5.75 Å². The number of rotatable bonds is 2. The molecule has 0 heterocycles. The smallest absolute Gasteiger partial charge is 0.300 e. The average molecular weight is 272 g/mol. The number of nitrogens with two attached hydrogens (primary N) is 2. The van der Waals surface area contributed by atoms with Gasteiger partial charge in [-0.25, -0.2) is 0 Å². The first-order valence-electron chi connectivity index (χ1n) is 3.55. The van der Waals surface area contributed by atoms with Crippen LogP contribution >= 0.6 is 35.0 Å². The lowest BCUT2D eigenvalue weighted by molar-refractivity contribution is -0.110. The minimum Gasteiger partial charge on any atom is -1.00 e. The maximum absolute atomic E-state index is 5.92. The average Bonchev–Trinajstić information content (AvgIpc) is 2.03. The van der Waals surface area contributed by atoms with Crippen molar-refractivity contribution in [3.05, 3.63) is 33.8 Å². The molecule has 1 rings (SSSR count). The van der Waals surface area contributed by atoms with Crippen molar-refractivity contribution >= 4 is 40.1 Å². The Morgan fingerprint density at radius 3 is 2.29 bits per heavy atom. The summed E-state index contributed by atoms with van der Waals surface area (Å²) in [6.07, 6.45) is 0. The zero-order valence-corrected chi connectivity index (χ0v) is 10.2. The lowest BCUT2D eigenvalue weighted by Gasteiger charge is -2.03. The zero-order chi connectivity index (χ0) is 9.84. The van der Waals surface area contributed by atoms with Gasteiger partial charge in [-0.05, 0) is 29.5 Å². The second-order valence-electron chi connectivity index (χ2n) is 2.39. The summed E-state index contributed by atoms with van der Waals surface area (Å²) < 4.78 is 0. The third-order valence-electron chi connectivity index (χ3n) is 1.44. The van der Waals surface area contributed by atoms with E-state index in [9.17, 15) is 0 Å². The van der Waals surface area contributed by atoms with Gasteiger partial charge in [0.1, 0.15) is 0 Å². The molecule has 0 saturated heterocycles. The molecule has 4 N–H and O–H groups in total. The molecule has 0 aromatic heterocycles. The molecule has 0 saturated carbocycles. The molecule has 0 aliphatic carbocycles. The molecule has 0 amide bonds. The molecular weight excluding hydrogens is 263 g/mol. The molecule has 0 unspecified atom stereocenters. The second-order valence-corrected chi connectivity index (χ2v) is 4.25. The van der Waals surface area contributed by atoms with Crippen LogP contribution in [0.1, 0.15) is 5.56 Å². The summed E-state index contributed by atoms with van der Waals surface area (Å²) >= 11 is 13.2. The second kappa shape index (κ2) is 6.40. The van der Waals surface area contributed by atoms with Crippen molar-refractivity contribution in [3.8, 4) is 0 Å². The number of thioether (sulfide) groups is 1. The summed E-state index contributed by atoms with van der Waals surface area (Å²) in [7, 11) is 0. The van der Waals surface area contributed by atoms with Gasteiger partial charge in [0, 0.05) is 15.8 Å². The summed E-state index contributed by atoms with van der Waals surface area (Å²) in [6.45, 7) is 0. The molecule has 14 heavy (non-hydrogen) atoms. The Hall–Kier alpha value is -0.0900. The fourth-order valence-electron chi connectivity index (χ4n) is 0.826. The highest BCUT2D eigenvalue weighted by Gasteiger charge is 2.07. The van der Waals surface area contributed by atoms with Gasteiger partial charge in [-0.15, -0.1) is 0 Å². The molecular formula is C8H9Cl3N2S. The van der Waals surface area contributed by atoms with E-state index in [0.717, 1.165) is 5.56 Å². The van der Waals surface area contributed by atoms with Gasteiger partial charge in [0.15, 0.2) is 0 Å². The molecule has 1 aromatic rings. The SMILES string of the molecule is NC(=[NH2+])SCc1c(Cl)cccc1Cl.[Cl-]. The van der Waals surface area contributed by atoms with Gasteiger partial charge in [-0.3, -0.25) is 11.1 Å². The van der Waals surface area contributed by atoms with Crippen molar-refractivity contribution in [3.63, 3.8) is 0 Å². The van der Waals surface area contributed by atoms with Gasteiger partial charge in [0.05, 0.1) is 0 Å². The molecule has 0 fully saturated rings. The Balaban J connectivity index is 0.00000169. The van der Waals surface area contributed by atoms with E-state index in [4.69, 9.17) is 34.3 Å². The maximum atomic E-state index is 5.92. The predicted molar refractivity (Wildman–Crippen MR) is 58.9 cm³/mol. The summed E-state index contributed by atoms with van der Waals surface area (Å²) in [4.78, 5) is 0. The van der Waals surface area contributed by atoms with Crippen LogP contribution < -0.4 is 23.5 Å².